The highest BCUT2D eigenvalue weighted by Gasteiger charge is 2.38. The molecule has 1 heterocycles. The number of nitrogens with one attached hydrogen (secondary N) is 1. The molecule has 6 nitrogen and oxygen atoms in total. The molecule has 0 spiro atoms. The number of rotatable bonds is 7. The van der Waals surface area contributed by atoms with Crippen molar-refractivity contribution in [2.24, 2.45) is 5.41 Å². The van der Waals surface area contributed by atoms with Gasteiger partial charge in [0.15, 0.2) is 0 Å². The van der Waals surface area contributed by atoms with E-state index in [2.05, 4.69) is 15.6 Å². The molecular weight excluding hydrogens is 316 g/mol. The molecule has 1 aromatic heterocycles. The quantitative estimate of drug-likeness (QED) is 0.783. The molecule has 1 aromatic carbocycles. The average Bonchev–Trinajstić information content (AvgIpc) is 3.01. The predicted octanol–water partition coefficient (Wildman–Crippen LogP) is 3.03. The first kappa shape index (κ1) is 17.6. The minimum Gasteiger partial charge on any atom is -0.469 e. The molecule has 1 unspecified atom stereocenters. The Hall–Kier alpha value is -2.21. The summed E-state index contributed by atoms with van der Waals surface area (Å²) in [5.74, 6) is -0.244. The van der Waals surface area contributed by atoms with Crippen LogP contribution in [0.25, 0.3) is 0 Å². The summed E-state index contributed by atoms with van der Waals surface area (Å²) in [6.07, 6.45) is 5.63. The Bertz CT molecular complexity index is 707. The van der Waals surface area contributed by atoms with Crippen molar-refractivity contribution in [2.45, 2.75) is 51.7 Å². The molecule has 3 rings (SSSR count). The highest BCUT2D eigenvalue weighted by molar-refractivity contribution is 5.77. The van der Waals surface area contributed by atoms with Crippen LogP contribution in [0.3, 0.4) is 0 Å². The Kier molecular flexibility index (Phi) is 5.18. The average molecular weight is 342 g/mol. The van der Waals surface area contributed by atoms with Crippen molar-refractivity contribution in [1.29, 1.82) is 0 Å². The van der Waals surface area contributed by atoms with Gasteiger partial charge in [0.2, 0.25) is 0 Å². The van der Waals surface area contributed by atoms with Gasteiger partial charge < -0.3 is 10.1 Å². The first-order chi connectivity index (χ1) is 12.0. The third-order valence-corrected chi connectivity index (χ3v) is 5.06. The molecule has 0 bridgehead atoms. The van der Waals surface area contributed by atoms with Gasteiger partial charge in [-0.3, -0.25) is 4.79 Å². The highest BCUT2D eigenvalue weighted by atomic mass is 16.5. The third-order valence-electron chi connectivity index (χ3n) is 5.06. The van der Waals surface area contributed by atoms with E-state index >= 15 is 0 Å². The molecule has 6 heteroatoms. The van der Waals surface area contributed by atoms with E-state index in [0.717, 1.165) is 11.3 Å². The molecule has 1 aliphatic carbocycles. The standard InChI is InChI=1S/C19H26N4O2/c1-19(2,18(24)25-3)17(14-8-5-4-6-9-14)20-12-15-13-23(22-21-15)16-10-7-11-16/h4-6,8-9,13,16-17,20H,7,10-12H2,1-3H3. The van der Waals surface area contributed by atoms with Crippen LogP contribution in [0.15, 0.2) is 36.5 Å². The Balaban J connectivity index is 1.75. The van der Waals surface area contributed by atoms with Crippen molar-refractivity contribution in [2.75, 3.05) is 7.11 Å². The summed E-state index contributed by atoms with van der Waals surface area (Å²) in [6, 6.07) is 10.3. The van der Waals surface area contributed by atoms with Crippen LogP contribution >= 0.6 is 0 Å². The van der Waals surface area contributed by atoms with E-state index in [4.69, 9.17) is 4.74 Å². The molecule has 134 valence electrons. The van der Waals surface area contributed by atoms with Crippen molar-refractivity contribution in [3.05, 3.63) is 47.8 Å². The first-order valence-electron chi connectivity index (χ1n) is 8.80. The largest absolute Gasteiger partial charge is 0.469 e. The number of carbonyl (C=O) groups is 1. The molecule has 0 aliphatic heterocycles. The predicted molar refractivity (Wildman–Crippen MR) is 94.7 cm³/mol. The highest BCUT2D eigenvalue weighted by Crippen LogP contribution is 2.35. The number of methoxy groups -OCH3 is 1. The number of hydrogen-bond donors (Lipinski definition) is 1. The molecular formula is C19H26N4O2. The van der Waals surface area contributed by atoms with Gasteiger partial charge in [-0.05, 0) is 38.7 Å². The maximum Gasteiger partial charge on any atom is 0.313 e. The smallest absolute Gasteiger partial charge is 0.313 e. The van der Waals surface area contributed by atoms with Gasteiger partial charge in [-0.15, -0.1) is 5.10 Å². The van der Waals surface area contributed by atoms with Crippen LogP contribution in [0.1, 0.15) is 56.5 Å². The van der Waals surface area contributed by atoms with Gasteiger partial charge >= 0.3 is 5.97 Å². The van der Waals surface area contributed by atoms with Gasteiger partial charge in [0, 0.05) is 12.6 Å². The number of benzene rings is 1. The molecule has 1 atom stereocenters. The Morgan fingerprint density at radius 2 is 2.08 bits per heavy atom. The first-order valence-corrected chi connectivity index (χ1v) is 8.80. The van der Waals surface area contributed by atoms with E-state index in [0.29, 0.717) is 12.6 Å². The topological polar surface area (TPSA) is 69.0 Å². The van der Waals surface area contributed by atoms with Crippen molar-refractivity contribution in [3.8, 4) is 0 Å². The van der Waals surface area contributed by atoms with E-state index in [1.807, 2.05) is 55.1 Å². The fourth-order valence-corrected chi connectivity index (χ4v) is 3.25. The monoisotopic (exact) mass is 342 g/mol. The summed E-state index contributed by atoms with van der Waals surface area (Å²) in [5.41, 5.74) is 1.22. The van der Waals surface area contributed by atoms with Gasteiger partial charge in [0.1, 0.15) is 0 Å². The maximum atomic E-state index is 12.3. The van der Waals surface area contributed by atoms with Crippen LogP contribution in [0.2, 0.25) is 0 Å². The third kappa shape index (κ3) is 3.74. The van der Waals surface area contributed by atoms with Crippen LogP contribution in [-0.4, -0.2) is 28.1 Å². The summed E-state index contributed by atoms with van der Waals surface area (Å²) >= 11 is 0. The van der Waals surface area contributed by atoms with Crippen molar-refractivity contribution < 1.29 is 9.53 Å². The van der Waals surface area contributed by atoms with E-state index in [9.17, 15) is 4.79 Å². The van der Waals surface area contributed by atoms with E-state index < -0.39 is 5.41 Å². The lowest BCUT2D eigenvalue weighted by Gasteiger charge is -2.32. The summed E-state index contributed by atoms with van der Waals surface area (Å²) in [4.78, 5) is 12.3. The van der Waals surface area contributed by atoms with Gasteiger partial charge in [-0.2, -0.15) is 0 Å². The lowest BCUT2D eigenvalue weighted by molar-refractivity contribution is -0.152. The van der Waals surface area contributed by atoms with Gasteiger partial charge in [0.25, 0.3) is 0 Å². The number of nitrogens with zero attached hydrogens (tertiary/aromatic N) is 3. The molecule has 0 radical (unpaired) electrons. The second-order valence-electron chi connectivity index (χ2n) is 7.21. The lowest BCUT2D eigenvalue weighted by Crippen LogP contribution is -2.40. The second-order valence-corrected chi connectivity index (χ2v) is 7.21. The van der Waals surface area contributed by atoms with Crippen LogP contribution in [0.5, 0.6) is 0 Å². The molecule has 0 saturated heterocycles. The number of esters is 1. The molecule has 0 amide bonds. The second kappa shape index (κ2) is 7.35. The molecule has 1 fully saturated rings. The summed E-state index contributed by atoms with van der Waals surface area (Å²) in [7, 11) is 1.43. The minimum atomic E-state index is -0.708. The Morgan fingerprint density at radius 1 is 1.36 bits per heavy atom. The lowest BCUT2D eigenvalue weighted by atomic mass is 9.80. The Morgan fingerprint density at radius 3 is 2.68 bits per heavy atom. The number of carbonyl (C=O) groups excluding carboxylic acids is 1. The van der Waals surface area contributed by atoms with Crippen molar-refractivity contribution >= 4 is 5.97 Å². The van der Waals surface area contributed by atoms with E-state index in [-0.39, 0.29) is 12.0 Å². The number of ether oxygens (including phenoxy) is 1. The van der Waals surface area contributed by atoms with Gasteiger partial charge in [0.05, 0.1) is 30.5 Å². The van der Waals surface area contributed by atoms with Crippen LogP contribution in [0, 0.1) is 5.41 Å². The van der Waals surface area contributed by atoms with Gasteiger partial charge in [-0.1, -0.05) is 35.5 Å². The van der Waals surface area contributed by atoms with Crippen molar-refractivity contribution in [1.82, 2.24) is 20.3 Å². The van der Waals surface area contributed by atoms with E-state index in [1.54, 1.807) is 0 Å². The summed E-state index contributed by atoms with van der Waals surface area (Å²) < 4.78 is 6.98. The zero-order chi connectivity index (χ0) is 17.9. The number of aromatic nitrogens is 3. The molecule has 25 heavy (non-hydrogen) atoms. The maximum absolute atomic E-state index is 12.3. The fourth-order valence-electron chi connectivity index (χ4n) is 3.25. The van der Waals surface area contributed by atoms with Crippen LogP contribution in [-0.2, 0) is 16.1 Å². The SMILES string of the molecule is COC(=O)C(C)(C)C(NCc1cn(C2CCC2)nn1)c1ccccc1. The van der Waals surface area contributed by atoms with E-state index in [1.165, 1.54) is 26.4 Å². The molecule has 2 aromatic rings. The molecule has 1 aliphatic rings. The van der Waals surface area contributed by atoms with Crippen LogP contribution in [0.4, 0.5) is 0 Å². The molecule has 1 N–H and O–H groups in total. The summed E-state index contributed by atoms with van der Waals surface area (Å²) in [6.45, 7) is 4.34. The number of hydrogen-bond acceptors (Lipinski definition) is 5. The van der Waals surface area contributed by atoms with Crippen molar-refractivity contribution in [3.63, 3.8) is 0 Å². The van der Waals surface area contributed by atoms with Crippen LogP contribution < -0.4 is 5.32 Å². The van der Waals surface area contributed by atoms with Gasteiger partial charge in [-0.25, -0.2) is 4.68 Å². The fraction of sp³-hybridized carbons (Fsp3) is 0.526. The normalized spacial score (nSPS) is 16.3. The zero-order valence-corrected chi connectivity index (χ0v) is 15.1. The molecule has 1 saturated carbocycles. The summed E-state index contributed by atoms with van der Waals surface area (Å²) in [5, 5.41) is 12.0. The zero-order valence-electron chi connectivity index (χ0n) is 15.1. The minimum absolute atomic E-state index is 0.185. The Labute approximate surface area is 148 Å².